The molecular weight excluding hydrogens is 589 g/mol. The SMILES string of the molecule is [2H]c1c([2H])c([2H])c(-c2cnc(N3CCCc4ccc(Oc5cc6c(c(C(C)(C)C)c5)CCCN6c5cc(C(C)(C)C)ccn5)cc43)cc2C)c([2H])c1[2H]. The first-order valence-electron chi connectivity index (χ1n) is 19.6. The molecule has 0 spiro atoms. The third kappa shape index (κ3) is 6.31. The first-order valence-corrected chi connectivity index (χ1v) is 17.1. The van der Waals surface area contributed by atoms with Crippen molar-refractivity contribution in [3.8, 4) is 22.6 Å². The summed E-state index contributed by atoms with van der Waals surface area (Å²) in [5, 5.41) is 0. The molecule has 0 atom stereocenters. The predicted molar refractivity (Wildman–Crippen MR) is 200 cm³/mol. The van der Waals surface area contributed by atoms with Crippen LogP contribution in [-0.4, -0.2) is 23.1 Å². The Labute approximate surface area is 293 Å². The summed E-state index contributed by atoms with van der Waals surface area (Å²) in [5.41, 5.74) is 8.65. The molecule has 0 fully saturated rings. The van der Waals surface area contributed by atoms with E-state index in [-0.39, 0.29) is 40.6 Å². The normalized spacial score (nSPS) is 16.3. The Morgan fingerprint density at radius 3 is 2.17 bits per heavy atom. The van der Waals surface area contributed by atoms with Crippen LogP contribution in [0.4, 0.5) is 23.0 Å². The second-order valence-corrected chi connectivity index (χ2v) is 15.1. The van der Waals surface area contributed by atoms with Gasteiger partial charge < -0.3 is 14.5 Å². The Bertz CT molecular complexity index is 2210. The first kappa shape index (κ1) is 26.3. The van der Waals surface area contributed by atoms with Crippen LogP contribution in [0.1, 0.15) is 89.1 Å². The van der Waals surface area contributed by atoms with Crippen LogP contribution in [0, 0.1) is 6.92 Å². The molecule has 0 amide bonds. The molecule has 2 aromatic heterocycles. The Hall–Kier alpha value is -4.64. The molecule has 0 bridgehead atoms. The number of nitrogens with zero attached hydrogens (tertiary/aromatic N) is 4. The van der Waals surface area contributed by atoms with E-state index in [1.54, 1.807) is 6.20 Å². The summed E-state index contributed by atoms with van der Waals surface area (Å²) in [5.74, 6) is 3.21. The average Bonchev–Trinajstić information content (AvgIpc) is 3.12. The minimum absolute atomic E-state index is 0.0127. The topological polar surface area (TPSA) is 41.5 Å². The quantitative estimate of drug-likeness (QED) is 0.191. The summed E-state index contributed by atoms with van der Waals surface area (Å²) in [4.78, 5) is 14.2. The predicted octanol–water partition coefficient (Wildman–Crippen LogP) is 11.0. The maximum Gasteiger partial charge on any atom is 0.133 e. The lowest BCUT2D eigenvalue weighted by atomic mass is 9.80. The number of hydrogen-bond donors (Lipinski definition) is 0. The van der Waals surface area contributed by atoms with Crippen LogP contribution in [0.5, 0.6) is 11.5 Å². The van der Waals surface area contributed by atoms with Gasteiger partial charge in [-0.15, -0.1) is 0 Å². The van der Waals surface area contributed by atoms with E-state index in [9.17, 15) is 0 Å². The second kappa shape index (κ2) is 12.4. The summed E-state index contributed by atoms with van der Waals surface area (Å²) in [6.07, 6.45) is 7.51. The van der Waals surface area contributed by atoms with E-state index < -0.39 is 6.04 Å². The number of ether oxygens (including phenoxy) is 1. The minimum atomic E-state index is -0.404. The van der Waals surface area contributed by atoms with Crippen molar-refractivity contribution in [2.24, 2.45) is 0 Å². The maximum atomic E-state index is 8.49. The Morgan fingerprint density at radius 1 is 0.729 bits per heavy atom. The lowest BCUT2D eigenvalue weighted by Crippen LogP contribution is -2.28. The summed E-state index contributed by atoms with van der Waals surface area (Å²) in [6, 6.07) is 15.4. The third-order valence-electron chi connectivity index (χ3n) is 9.55. The van der Waals surface area contributed by atoms with E-state index in [4.69, 9.17) is 21.6 Å². The van der Waals surface area contributed by atoms with Gasteiger partial charge in [0.25, 0.3) is 0 Å². The highest BCUT2D eigenvalue weighted by Crippen LogP contribution is 2.44. The van der Waals surface area contributed by atoms with Crippen LogP contribution in [-0.2, 0) is 23.7 Å². The first-order chi connectivity index (χ1) is 25.0. The van der Waals surface area contributed by atoms with Crippen molar-refractivity contribution in [2.75, 3.05) is 22.9 Å². The van der Waals surface area contributed by atoms with Gasteiger partial charge in [-0.3, -0.25) is 0 Å². The molecule has 5 nitrogen and oxygen atoms in total. The van der Waals surface area contributed by atoms with Gasteiger partial charge in [0.2, 0.25) is 0 Å². The molecule has 0 saturated heterocycles. The van der Waals surface area contributed by atoms with Crippen LogP contribution in [0.2, 0.25) is 0 Å². The highest BCUT2D eigenvalue weighted by molar-refractivity contribution is 5.73. The van der Waals surface area contributed by atoms with E-state index in [1.807, 2.05) is 25.3 Å². The Morgan fingerprint density at radius 2 is 1.44 bits per heavy atom. The molecule has 4 heterocycles. The fourth-order valence-corrected chi connectivity index (χ4v) is 6.99. The average molecular weight is 642 g/mol. The van der Waals surface area contributed by atoms with E-state index in [0.717, 1.165) is 78.8 Å². The minimum Gasteiger partial charge on any atom is -0.457 e. The molecule has 0 N–H and O–H groups in total. The molecule has 2 aliphatic rings. The van der Waals surface area contributed by atoms with Crippen molar-refractivity contribution >= 4 is 23.0 Å². The number of hydrogen-bond acceptors (Lipinski definition) is 5. The van der Waals surface area contributed by atoms with Gasteiger partial charge in [0.1, 0.15) is 23.1 Å². The van der Waals surface area contributed by atoms with Crippen molar-refractivity contribution in [3.63, 3.8) is 0 Å². The van der Waals surface area contributed by atoms with Crippen LogP contribution >= 0.6 is 0 Å². The fraction of sp³-hybridized carbons (Fsp3) is 0.349. The summed E-state index contributed by atoms with van der Waals surface area (Å²) in [7, 11) is 0. The summed E-state index contributed by atoms with van der Waals surface area (Å²) in [6.45, 7) is 17.0. The van der Waals surface area contributed by atoms with Crippen LogP contribution in [0.25, 0.3) is 11.1 Å². The number of aryl methyl sites for hydroxylation is 2. The molecule has 0 aliphatic carbocycles. The van der Waals surface area contributed by atoms with Crippen LogP contribution < -0.4 is 14.5 Å². The van der Waals surface area contributed by atoms with E-state index in [2.05, 4.69) is 87.7 Å². The zero-order chi connectivity index (χ0) is 38.0. The molecule has 5 aromatic rings. The number of benzene rings is 3. The van der Waals surface area contributed by atoms with Gasteiger partial charge in [-0.1, -0.05) is 77.8 Å². The molecule has 246 valence electrons. The number of pyridine rings is 2. The van der Waals surface area contributed by atoms with Crippen molar-refractivity contribution < 1.29 is 11.6 Å². The standard InChI is InChI=1S/C43H48N4O/c1-29-23-40(45-28-36(29)30-13-9-8-10-14-30)46-21-11-15-31-17-18-33(26-38(31)46)48-34-25-37(43(5,6)7)35-16-12-22-47(39(35)27-34)41-24-32(19-20-44-41)42(2,3)4/h8-10,13-14,17-20,23-28H,11-12,15-16,21-22H2,1-7H3/i8D,9D,10D,13D,14D. The fourth-order valence-electron chi connectivity index (χ4n) is 6.99. The molecular formula is C43H48N4O. The highest BCUT2D eigenvalue weighted by atomic mass is 16.5. The number of rotatable bonds is 5. The van der Waals surface area contributed by atoms with Crippen LogP contribution in [0.3, 0.4) is 0 Å². The molecule has 0 radical (unpaired) electrons. The summed E-state index contributed by atoms with van der Waals surface area (Å²) < 4.78 is 48.0. The highest BCUT2D eigenvalue weighted by Gasteiger charge is 2.29. The van der Waals surface area contributed by atoms with Crippen molar-refractivity contribution in [2.45, 2.75) is 85.0 Å². The molecule has 3 aromatic carbocycles. The molecule has 2 aliphatic heterocycles. The van der Waals surface area contributed by atoms with Gasteiger partial charge >= 0.3 is 0 Å². The van der Waals surface area contributed by atoms with Crippen molar-refractivity contribution in [3.05, 3.63) is 119 Å². The van der Waals surface area contributed by atoms with Gasteiger partial charge in [-0.25, -0.2) is 9.97 Å². The van der Waals surface area contributed by atoms with E-state index in [0.29, 0.717) is 5.56 Å². The number of fused-ring (bicyclic) bond motifs is 2. The summed E-state index contributed by atoms with van der Waals surface area (Å²) >= 11 is 0. The van der Waals surface area contributed by atoms with Gasteiger partial charge in [-0.2, -0.15) is 0 Å². The molecule has 48 heavy (non-hydrogen) atoms. The molecule has 7 rings (SSSR count). The van der Waals surface area contributed by atoms with Gasteiger partial charge in [0.05, 0.1) is 6.85 Å². The van der Waals surface area contributed by atoms with E-state index in [1.165, 1.54) is 22.3 Å². The third-order valence-corrected chi connectivity index (χ3v) is 9.55. The van der Waals surface area contributed by atoms with E-state index >= 15 is 0 Å². The van der Waals surface area contributed by atoms with Crippen LogP contribution in [0.15, 0.2) is 91.1 Å². The molecule has 0 unspecified atom stereocenters. The lowest BCUT2D eigenvalue weighted by Gasteiger charge is -2.35. The van der Waals surface area contributed by atoms with Crippen molar-refractivity contribution in [1.82, 2.24) is 9.97 Å². The molecule has 0 saturated carbocycles. The molecule has 5 heteroatoms. The number of anilines is 4. The zero-order valence-electron chi connectivity index (χ0n) is 34.2. The maximum absolute atomic E-state index is 8.49. The lowest BCUT2D eigenvalue weighted by molar-refractivity contribution is 0.476. The largest absolute Gasteiger partial charge is 0.457 e. The van der Waals surface area contributed by atoms with Gasteiger partial charge in [0, 0.05) is 54.6 Å². The number of aromatic nitrogens is 2. The van der Waals surface area contributed by atoms with Crippen molar-refractivity contribution in [1.29, 1.82) is 0 Å². The van der Waals surface area contributed by atoms with Gasteiger partial charge in [0.15, 0.2) is 0 Å². The Kier molecular flexibility index (Phi) is 6.82. The van der Waals surface area contributed by atoms with Gasteiger partial charge in [-0.05, 0) is 107 Å². The monoisotopic (exact) mass is 641 g/mol. The Balaban J connectivity index is 1.25. The zero-order valence-corrected chi connectivity index (χ0v) is 29.2. The second-order valence-electron chi connectivity index (χ2n) is 15.1. The smallest absolute Gasteiger partial charge is 0.133 e.